The van der Waals surface area contributed by atoms with Gasteiger partial charge >= 0.3 is 25.8 Å². The van der Waals surface area contributed by atoms with E-state index in [-0.39, 0.29) is 50.7 Å². The van der Waals surface area contributed by atoms with Crippen LogP contribution >= 0.6 is 0 Å². The molecule has 0 atom stereocenters. The number of hydrogen-bond acceptors (Lipinski definition) is 1. The van der Waals surface area contributed by atoms with Gasteiger partial charge in [-0.15, -0.1) is 0 Å². The molecule has 0 aliphatic carbocycles. The van der Waals surface area contributed by atoms with Gasteiger partial charge in [-0.05, 0) is 0 Å². The minimum Gasteiger partial charge on any atom is -1.00 e. The van der Waals surface area contributed by atoms with Crippen molar-refractivity contribution in [2.75, 3.05) is 14.1 Å². The summed E-state index contributed by atoms with van der Waals surface area (Å²) in [6, 6.07) is 0. The van der Waals surface area contributed by atoms with Crippen molar-refractivity contribution in [3.63, 3.8) is 0 Å². The number of nitrogens with zero attached hydrogens (tertiary/aromatic N) is 1. The number of amides is 1. The third kappa shape index (κ3) is 28.4. The maximum atomic E-state index is 9.43. The molecule has 0 heterocycles. The first-order valence-electron chi connectivity index (χ1n) is 1.39. The zero-order valence-electron chi connectivity index (χ0n) is 4.77. The van der Waals surface area contributed by atoms with E-state index < -0.39 is 0 Å². The topological polar surface area (TPSA) is 20.3 Å². The van der Waals surface area contributed by atoms with E-state index in [1.165, 1.54) is 4.90 Å². The molecule has 0 fully saturated rings. The molecule has 0 spiro atoms. The number of halogens is 2. The molecule has 0 radical (unpaired) electrons. The molecule has 0 aromatic rings. The number of rotatable bonds is 1. The third-order valence-corrected chi connectivity index (χ3v) is 0.211. The van der Waals surface area contributed by atoms with E-state index in [0.717, 1.165) is 6.41 Å². The first kappa shape index (κ1) is 23.1. The molecule has 5 heteroatoms. The van der Waals surface area contributed by atoms with Gasteiger partial charge in [0.2, 0.25) is 6.41 Å². The first-order chi connectivity index (χ1) is 2.27. The maximum absolute atomic E-state index is 9.43. The Hall–Kier alpha value is 0.920. The summed E-state index contributed by atoms with van der Waals surface area (Å²) in [7, 11) is 3.38. The van der Waals surface area contributed by atoms with E-state index >= 15 is 0 Å². The van der Waals surface area contributed by atoms with Crippen LogP contribution in [0.15, 0.2) is 0 Å². The van der Waals surface area contributed by atoms with Gasteiger partial charge in [-0.1, -0.05) is 0 Å². The molecule has 2 nitrogen and oxygen atoms in total. The zero-order chi connectivity index (χ0) is 4.28. The van der Waals surface area contributed by atoms with Crippen LogP contribution < -0.4 is 24.8 Å². The molecular weight excluding hydrogens is 252 g/mol. The van der Waals surface area contributed by atoms with E-state index in [0.29, 0.717) is 0 Å². The fourth-order valence-corrected chi connectivity index (χ4v) is 0. The summed E-state index contributed by atoms with van der Waals surface area (Å²) in [4.78, 5) is 10.9. The summed E-state index contributed by atoms with van der Waals surface area (Å²) in [5, 5.41) is 0. The summed E-state index contributed by atoms with van der Waals surface area (Å²) in [6.07, 6.45) is 0.750. The summed E-state index contributed by atoms with van der Waals surface area (Å²) >= 11 is 0. The Morgan fingerprint density at radius 1 is 1.25 bits per heavy atom. The molecule has 8 heavy (non-hydrogen) atoms. The van der Waals surface area contributed by atoms with Crippen molar-refractivity contribution in [2.45, 2.75) is 0 Å². The number of carbonyl (C=O) groups excluding carboxylic acids is 1. The van der Waals surface area contributed by atoms with E-state index in [2.05, 4.69) is 0 Å². The van der Waals surface area contributed by atoms with Gasteiger partial charge in [-0.25, -0.2) is 0 Å². The van der Waals surface area contributed by atoms with Crippen molar-refractivity contribution in [3.05, 3.63) is 0 Å². The minimum absolute atomic E-state index is 0. The molecule has 0 saturated carbocycles. The van der Waals surface area contributed by atoms with Gasteiger partial charge < -0.3 is 29.7 Å². The summed E-state index contributed by atoms with van der Waals surface area (Å²) < 4.78 is 0. The van der Waals surface area contributed by atoms with Gasteiger partial charge in [0.05, 0.1) is 0 Å². The van der Waals surface area contributed by atoms with Crippen LogP contribution in [0.5, 0.6) is 0 Å². The summed E-state index contributed by atoms with van der Waals surface area (Å²) in [5.74, 6) is 0. The minimum atomic E-state index is 0. The second kappa shape index (κ2) is 15.7. The van der Waals surface area contributed by atoms with Gasteiger partial charge in [0, 0.05) is 14.1 Å². The van der Waals surface area contributed by atoms with Gasteiger partial charge in [0.25, 0.3) is 0 Å². The van der Waals surface area contributed by atoms with Crippen LogP contribution in [-0.4, -0.2) is 51.2 Å². The van der Waals surface area contributed by atoms with Crippen molar-refractivity contribution in [1.29, 1.82) is 0 Å². The molecule has 0 unspecified atom stereocenters. The first-order valence-corrected chi connectivity index (χ1v) is 1.39. The SMILES string of the molecule is CN(C)C=O.[Cl-].[Cl-].[In+3]. The van der Waals surface area contributed by atoms with Crippen molar-refractivity contribution in [2.24, 2.45) is 0 Å². The van der Waals surface area contributed by atoms with Crippen LogP contribution in [0.25, 0.3) is 0 Å². The van der Waals surface area contributed by atoms with Gasteiger partial charge in [0.1, 0.15) is 0 Å². The monoisotopic (exact) mass is 258 g/mol. The van der Waals surface area contributed by atoms with Crippen LogP contribution in [0, 0.1) is 0 Å². The predicted octanol–water partition coefficient (Wildman–Crippen LogP) is -6.67. The van der Waals surface area contributed by atoms with Gasteiger partial charge in [0.15, 0.2) is 0 Å². The Kier molecular flexibility index (Phi) is 45.3. The van der Waals surface area contributed by atoms with Crippen LogP contribution in [0.3, 0.4) is 0 Å². The molecule has 0 N–H and O–H groups in total. The standard InChI is InChI=1S/C3H7NO.2ClH.In/c1-4(2)3-5;;;/h3H,1-2H3;2*1H;/q;;;+3/p-2. The van der Waals surface area contributed by atoms with Crippen molar-refractivity contribution < 1.29 is 29.6 Å². The Bertz CT molecular complexity index is 44.3. The molecule has 46 valence electrons. The zero-order valence-corrected chi connectivity index (χ0v) is 9.57. The average molecular weight is 259 g/mol. The molecule has 0 rings (SSSR count). The second-order valence-corrected chi connectivity index (χ2v) is 1.07. The van der Waals surface area contributed by atoms with E-state index in [9.17, 15) is 4.79 Å². The van der Waals surface area contributed by atoms with E-state index in [4.69, 9.17) is 0 Å². The summed E-state index contributed by atoms with van der Waals surface area (Å²) in [6.45, 7) is 0. The Labute approximate surface area is 80.6 Å². The average Bonchev–Trinajstić information content (AvgIpc) is 1.38. The van der Waals surface area contributed by atoms with E-state index in [1.807, 2.05) is 0 Å². The quantitative estimate of drug-likeness (QED) is 0.429. The van der Waals surface area contributed by atoms with Crippen molar-refractivity contribution >= 4 is 32.3 Å². The molecular formula is C3H7Cl2InNO+. The molecule has 0 bridgehead atoms. The fraction of sp³-hybridized carbons (Fsp3) is 0.667. The number of hydrogen-bond donors (Lipinski definition) is 0. The largest absolute Gasteiger partial charge is 3.00 e. The normalized spacial score (nSPS) is 4.25. The molecule has 0 aliphatic heterocycles. The van der Waals surface area contributed by atoms with Crippen LogP contribution in [0.2, 0.25) is 0 Å². The fourth-order valence-electron chi connectivity index (χ4n) is 0. The second-order valence-electron chi connectivity index (χ2n) is 1.07. The maximum Gasteiger partial charge on any atom is 3.00 e. The Balaban J connectivity index is -0.0000000267. The van der Waals surface area contributed by atoms with Crippen molar-refractivity contribution in [1.82, 2.24) is 4.90 Å². The predicted molar refractivity (Wildman–Crippen MR) is 25.5 cm³/mol. The smallest absolute Gasteiger partial charge is 1.00 e. The molecule has 0 aromatic heterocycles. The Morgan fingerprint density at radius 2 is 1.38 bits per heavy atom. The van der Waals surface area contributed by atoms with Crippen LogP contribution in [0.1, 0.15) is 0 Å². The molecule has 0 saturated heterocycles. The summed E-state index contributed by atoms with van der Waals surface area (Å²) in [5.41, 5.74) is 0. The molecule has 0 aromatic carbocycles. The van der Waals surface area contributed by atoms with E-state index in [1.54, 1.807) is 14.1 Å². The van der Waals surface area contributed by atoms with Crippen molar-refractivity contribution in [3.8, 4) is 0 Å². The van der Waals surface area contributed by atoms with Crippen LogP contribution in [0.4, 0.5) is 0 Å². The Morgan fingerprint density at radius 3 is 1.38 bits per heavy atom. The van der Waals surface area contributed by atoms with Crippen LogP contribution in [-0.2, 0) is 4.79 Å². The van der Waals surface area contributed by atoms with Gasteiger partial charge in [-0.2, -0.15) is 0 Å². The third-order valence-electron chi connectivity index (χ3n) is 0.211. The molecule has 0 aliphatic rings. The van der Waals surface area contributed by atoms with Gasteiger partial charge in [-0.3, -0.25) is 4.79 Å². The molecule has 1 amide bonds. The number of carbonyl (C=O) groups is 1.